The summed E-state index contributed by atoms with van der Waals surface area (Å²) < 4.78 is 29.6. The van der Waals surface area contributed by atoms with E-state index >= 15 is 0 Å². The maximum absolute atomic E-state index is 13.9. The second-order valence-corrected chi connectivity index (χ2v) is 12.8. The highest BCUT2D eigenvalue weighted by Crippen LogP contribution is 2.62. The molecule has 1 aromatic rings. The number of hydrogen-bond donors (Lipinski definition) is 1. The SMILES string of the molecule is CCCP(=O)(CCC)[C@](C)(N[S@@](=O)C(C)(C)C)c1ccccc1. The minimum Gasteiger partial charge on any atom is -0.321 e. The van der Waals surface area contributed by atoms with Crippen LogP contribution in [0.25, 0.3) is 0 Å². The Kier molecular flexibility index (Phi) is 7.25. The lowest BCUT2D eigenvalue weighted by molar-refractivity contribution is 0.511. The first kappa shape index (κ1) is 20.6. The molecule has 0 saturated carbocycles. The molecule has 0 saturated heterocycles. The summed E-state index contributed by atoms with van der Waals surface area (Å²) in [6.45, 7) is 11.9. The van der Waals surface area contributed by atoms with Crippen LogP contribution in [0.4, 0.5) is 0 Å². The highest BCUT2D eigenvalue weighted by Gasteiger charge is 2.46. The van der Waals surface area contributed by atoms with E-state index in [0.29, 0.717) is 12.3 Å². The maximum Gasteiger partial charge on any atom is 0.112 e. The summed E-state index contributed by atoms with van der Waals surface area (Å²) in [5.41, 5.74) is 0.961. The Hall–Kier alpha value is -0.440. The first-order valence-electron chi connectivity index (χ1n) is 8.44. The van der Waals surface area contributed by atoms with Gasteiger partial charge in [-0.15, -0.1) is 0 Å². The van der Waals surface area contributed by atoms with E-state index in [0.717, 1.165) is 18.4 Å². The Bertz CT molecular complexity index is 558. The van der Waals surface area contributed by atoms with Gasteiger partial charge >= 0.3 is 0 Å². The Balaban J connectivity index is 3.42. The third-order valence-electron chi connectivity index (χ3n) is 4.17. The van der Waals surface area contributed by atoms with Crippen molar-refractivity contribution < 1.29 is 8.77 Å². The zero-order valence-electron chi connectivity index (χ0n) is 15.4. The predicted octanol–water partition coefficient (Wildman–Crippen LogP) is 5.09. The molecular formula is C18H32NO2PS. The van der Waals surface area contributed by atoms with Gasteiger partial charge in [-0.2, -0.15) is 0 Å². The lowest BCUT2D eigenvalue weighted by atomic mass is 10.1. The Morgan fingerprint density at radius 1 is 1.00 bits per heavy atom. The molecule has 132 valence electrons. The van der Waals surface area contributed by atoms with Gasteiger partial charge in [0.05, 0.1) is 15.7 Å². The van der Waals surface area contributed by atoms with Crippen LogP contribution in [0.5, 0.6) is 0 Å². The molecule has 0 aliphatic carbocycles. The molecule has 0 unspecified atom stereocenters. The number of nitrogens with one attached hydrogen (secondary N) is 1. The van der Waals surface area contributed by atoms with Crippen molar-refractivity contribution in [3.63, 3.8) is 0 Å². The first-order valence-corrected chi connectivity index (χ1v) is 11.7. The van der Waals surface area contributed by atoms with Crippen molar-refractivity contribution in [3.8, 4) is 0 Å². The van der Waals surface area contributed by atoms with Crippen LogP contribution in [0.15, 0.2) is 30.3 Å². The minimum atomic E-state index is -2.59. The van der Waals surface area contributed by atoms with Gasteiger partial charge in [0.25, 0.3) is 0 Å². The van der Waals surface area contributed by atoms with Crippen LogP contribution in [-0.4, -0.2) is 21.3 Å². The van der Waals surface area contributed by atoms with Gasteiger partial charge in [0, 0.05) is 12.3 Å². The van der Waals surface area contributed by atoms with Gasteiger partial charge in [-0.05, 0) is 46.1 Å². The van der Waals surface area contributed by atoms with Crippen molar-refractivity contribution in [1.29, 1.82) is 0 Å². The normalized spacial score (nSPS) is 16.8. The molecule has 0 bridgehead atoms. The molecule has 1 rings (SSSR count). The molecule has 1 aromatic carbocycles. The molecular weight excluding hydrogens is 325 g/mol. The van der Waals surface area contributed by atoms with Gasteiger partial charge in [-0.1, -0.05) is 44.2 Å². The van der Waals surface area contributed by atoms with Crippen LogP contribution in [-0.2, 0) is 20.8 Å². The van der Waals surface area contributed by atoms with E-state index in [-0.39, 0.29) is 0 Å². The molecule has 3 nitrogen and oxygen atoms in total. The first-order chi connectivity index (χ1) is 10.6. The number of hydrogen-bond acceptors (Lipinski definition) is 2. The van der Waals surface area contributed by atoms with Crippen molar-refractivity contribution in [2.75, 3.05) is 12.3 Å². The summed E-state index contributed by atoms with van der Waals surface area (Å²) in [5, 5.41) is -0.765. The number of benzene rings is 1. The molecule has 5 heteroatoms. The Morgan fingerprint density at radius 3 is 1.87 bits per heavy atom. The second-order valence-electron chi connectivity index (χ2n) is 7.26. The lowest BCUT2D eigenvalue weighted by Gasteiger charge is -2.40. The topological polar surface area (TPSA) is 46.2 Å². The van der Waals surface area contributed by atoms with Crippen LogP contribution >= 0.6 is 7.14 Å². The molecule has 0 fully saturated rings. The van der Waals surface area contributed by atoms with E-state index in [1.807, 2.05) is 58.0 Å². The Labute approximate surface area is 144 Å². The van der Waals surface area contributed by atoms with Crippen LogP contribution in [0, 0.1) is 0 Å². The summed E-state index contributed by atoms with van der Waals surface area (Å²) >= 11 is 0. The van der Waals surface area contributed by atoms with Gasteiger partial charge in [0.1, 0.15) is 12.4 Å². The van der Waals surface area contributed by atoms with E-state index in [2.05, 4.69) is 18.6 Å². The van der Waals surface area contributed by atoms with Gasteiger partial charge < -0.3 is 4.57 Å². The van der Waals surface area contributed by atoms with Crippen molar-refractivity contribution in [2.24, 2.45) is 0 Å². The van der Waals surface area contributed by atoms with E-state index in [4.69, 9.17) is 0 Å². The average Bonchev–Trinajstić information content (AvgIpc) is 2.47. The minimum absolute atomic E-state index is 0.403. The van der Waals surface area contributed by atoms with Gasteiger partial charge in [-0.3, -0.25) is 0 Å². The van der Waals surface area contributed by atoms with Gasteiger partial charge in [0.15, 0.2) is 0 Å². The van der Waals surface area contributed by atoms with Crippen molar-refractivity contribution in [2.45, 2.75) is 64.4 Å². The lowest BCUT2D eigenvalue weighted by Crippen LogP contribution is -2.46. The van der Waals surface area contributed by atoms with Crippen LogP contribution < -0.4 is 4.72 Å². The highest BCUT2D eigenvalue weighted by atomic mass is 32.2. The monoisotopic (exact) mass is 357 g/mol. The maximum atomic E-state index is 13.9. The number of rotatable bonds is 8. The fourth-order valence-corrected chi connectivity index (χ4v) is 7.64. The van der Waals surface area contributed by atoms with E-state index < -0.39 is 28.2 Å². The largest absolute Gasteiger partial charge is 0.321 e. The quantitative estimate of drug-likeness (QED) is 0.658. The zero-order chi connectivity index (χ0) is 17.7. The fourth-order valence-electron chi connectivity index (χ4n) is 2.76. The third kappa shape index (κ3) is 4.78. The molecule has 0 aliphatic rings. The smallest absolute Gasteiger partial charge is 0.112 e. The average molecular weight is 358 g/mol. The van der Waals surface area contributed by atoms with Crippen molar-refractivity contribution in [1.82, 2.24) is 4.72 Å². The van der Waals surface area contributed by atoms with Crippen LogP contribution in [0.1, 0.15) is 59.9 Å². The summed E-state index contributed by atoms with van der Waals surface area (Å²) in [5.74, 6) is 0. The van der Waals surface area contributed by atoms with Crippen LogP contribution in [0.2, 0.25) is 0 Å². The third-order valence-corrected chi connectivity index (χ3v) is 10.4. The molecule has 1 N–H and O–H groups in total. The zero-order valence-corrected chi connectivity index (χ0v) is 17.1. The summed E-state index contributed by atoms with van der Waals surface area (Å²) in [6, 6.07) is 9.85. The van der Waals surface area contributed by atoms with Crippen molar-refractivity contribution in [3.05, 3.63) is 35.9 Å². The second kappa shape index (κ2) is 8.09. The molecule has 0 radical (unpaired) electrons. The van der Waals surface area contributed by atoms with Crippen molar-refractivity contribution >= 4 is 18.1 Å². The van der Waals surface area contributed by atoms with Gasteiger partial charge in [-0.25, -0.2) is 8.93 Å². The molecule has 0 heterocycles. The summed E-state index contributed by atoms with van der Waals surface area (Å²) in [7, 11) is -3.87. The molecule has 0 amide bonds. The molecule has 0 aromatic heterocycles. The predicted molar refractivity (Wildman–Crippen MR) is 103 cm³/mol. The summed E-state index contributed by atoms with van der Waals surface area (Å²) in [4.78, 5) is 0. The molecule has 0 spiro atoms. The van der Waals surface area contributed by atoms with E-state index in [1.165, 1.54) is 0 Å². The van der Waals surface area contributed by atoms with E-state index in [1.54, 1.807) is 0 Å². The molecule has 0 aliphatic heterocycles. The highest BCUT2D eigenvalue weighted by molar-refractivity contribution is 7.85. The molecule has 23 heavy (non-hydrogen) atoms. The Morgan fingerprint density at radius 2 is 1.48 bits per heavy atom. The van der Waals surface area contributed by atoms with Gasteiger partial charge in [0.2, 0.25) is 0 Å². The summed E-state index contributed by atoms with van der Waals surface area (Å²) in [6.07, 6.45) is 3.06. The molecule has 2 atom stereocenters. The fraction of sp³-hybridized carbons (Fsp3) is 0.667. The van der Waals surface area contributed by atoms with E-state index in [9.17, 15) is 8.77 Å². The van der Waals surface area contributed by atoms with Crippen LogP contribution in [0.3, 0.4) is 0 Å². The standard InChI is InChI=1S/C18H32NO2PS/c1-7-14-22(20,15-8-2)18(6,16-12-10-9-11-13-16)19-23(21)17(3,4)5/h9-13,19H,7-8,14-15H2,1-6H3/t18-,23-/m0/s1.